The highest BCUT2D eigenvalue weighted by atomic mass is 16.5. The zero-order valence-electron chi connectivity index (χ0n) is 10.9. The molecule has 19 heavy (non-hydrogen) atoms. The Hall–Kier alpha value is -2.01. The number of methoxy groups -OCH3 is 1. The summed E-state index contributed by atoms with van der Waals surface area (Å²) in [6, 6.07) is 1.96. The van der Waals surface area contributed by atoms with E-state index in [1.54, 1.807) is 7.11 Å². The van der Waals surface area contributed by atoms with Crippen molar-refractivity contribution in [1.82, 2.24) is 4.57 Å². The van der Waals surface area contributed by atoms with Crippen molar-refractivity contribution in [3.05, 3.63) is 22.9 Å². The van der Waals surface area contributed by atoms with Crippen LogP contribution in [0.25, 0.3) is 10.9 Å². The van der Waals surface area contributed by atoms with Crippen molar-refractivity contribution < 1.29 is 14.6 Å². The first-order valence-corrected chi connectivity index (χ1v) is 6.22. The molecule has 1 aromatic heterocycles. The number of benzene rings is 1. The second kappa shape index (κ2) is 3.99. The average molecular weight is 260 g/mol. The lowest BCUT2D eigenvalue weighted by atomic mass is 10.0. The Balaban J connectivity index is 2.49. The fourth-order valence-corrected chi connectivity index (χ4v) is 3.08. The Morgan fingerprint density at radius 1 is 1.58 bits per heavy atom. The highest BCUT2D eigenvalue weighted by Gasteiger charge is 2.30. The van der Waals surface area contributed by atoms with Crippen molar-refractivity contribution in [2.75, 3.05) is 12.8 Å². The van der Waals surface area contributed by atoms with Crippen molar-refractivity contribution in [3.63, 3.8) is 0 Å². The lowest BCUT2D eigenvalue weighted by Crippen LogP contribution is -1.98. The maximum absolute atomic E-state index is 11.4. The van der Waals surface area contributed by atoms with Crippen molar-refractivity contribution in [2.45, 2.75) is 26.0 Å². The van der Waals surface area contributed by atoms with Crippen LogP contribution in [-0.4, -0.2) is 23.1 Å². The molecule has 2 heterocycles. The molecule has 1 atom stereocenters. The number of hydrogen-bond acceptors (Lipinski definition) is 4. The Labute approximate surface area is 110 Å². The number of nitrogen functional groups attached to an aromatic ring is 1. The van der Waals surface area contributed by atoms with Gasteiger partial charge in [0.05, 0.1) is 30.1 Å². The summed E-state index contributed by atoms with van der Waals surface area (Å²) in [6.45, 7) is 2.62. The van der Waals surface area contributed by atoms with E-state index in [-0.39, 0.29) is 0 Å². The normalized spacial score (nSPS) is 17.7. The molecule has 1 aliphatic rings. The van der Waals surface area contributed by atoms with Gasteiger partial charge in [0, 0.05) is 17.5 Å². The second-order valence-corrected chi connectivity index (χ2v) is 4.91. The van der Waals surface area contributed by atoms with Gasteiger partial charge in [-0.2, -0.15) is 0 Å². The molecule has 100 valence electrons. The molecule has 3 N–H and O–H groups in total. The van der Waals surface area contributed by atoms with Crippen LogP contribution in [0.3, 0.4) is 0 Å². The Morgan fingerprint density at radius 2 is 2.32 bits per heavy atom. The second-order valence-electron chi connectivity index (χ2n) is 4.91. The van der Waals surface area contributed by atoms with Crippen molar-refractivity contribution in [3.8, 4) is 5.75 Å². The molecule has 0 radical (unpaired) electrons. The van der Waals surface area contributed by atoms with E-state index < -0.39 is 6.10 Å². The standard InChI is InChI=1S/C14H16N2O3/c1-7-5-9-11(12(15)14(7)19-2)8(6-17)13-10(18)3-4-16(9)13/h5-6,10,18H,3-4,15H2,1-2H3. The number of aliphatic hydroxyl groups is 1. The first-order chi connectivity index (χ1) is 9.10. The van der Waals surface area contributed by atoms with Crippen LogP contribution in [-0.2, 0) is 6.54 Å². The maximum atomic E-state index is 11.4. The smallest absolute Gasteiger partial charge is 0.152 e. The molecule has 0 bridgehead atoms. The molecule has 0 fully saturated rings. The minimum atomic E-state index is -0.599. The van der Waals surface area contributed by atoms with Gasteiger partial charge in [0.15, 0.2) is 6.29 Å². The average Bonchev–Trinajstić information content (AvgIpc) is 2.89. The molecule has 0 spiro atoms. The Morgan fingerprint density at radius 3 is 2.95 bits per heavy atom. The number of nitrogens with zero attached hydrogens (tertiary/aromatic N) is 1. The van der Waals surface area contributed by atoms with E-state index in [9.17, 15) is 9.90 Å². The fourth-order valence-electron chi connectivity index (χ4n) is 3.08. The molecule has 0 amide bonds. The monoisotopic (exact) mass is 260 g/mol. The van der Waals surface area contributed by atoms with E-state index in [2.05, 4.69) is 0 Å². The van der Waals surface area contributed by atoms with Gasteiger partial charge in [-0.25, -0.2) is 0 Å². The quantitative estimate of drug-likeness (QED) is 0.637. The minimum Gasteiger partial charge on any atom is -0.494 e. The summed E-state index contributed by atoms with van der Waals surface area (Å²) in [4.78, 5) is 11.4. The molecular formula is C14H16N2O3. The third-order valence-electron chi connectivity index (χ3n) is 3.87. The number of anilines is 1. The van der Waals surface area contributed by atoms with Crippen LogP contribution in [0.2, 0.25) is 0 Å². The molecule has 0 saturated carbocycles. The van der Waals surface area contributed by atoms with Gasteiger partial charge in [-0.1, -0.05) is 0 Å². The summed E-state index contributed by atoms with van der Waals surface area (Å²) >= 11 is 0. The maximum Gasteiger partial charge on any atom is 0.152 e. The number of aromatic nitrogens is 1. The number of ether oxygens (including phenoxy) is 1. The third kappa shape index (κ3) is 1.42. The van der Waals surface area contributed by atoms with Gasteiger partial charge >= 0.3 is 0 Å². The van der Waals surface area contributed by atoms with Crippen LogP contribution in [0.1, 0.15) is 34.1 Å². The van der Waals surface area contributed by atoms with Crippen molar-refractivity contribution >= 4 is 22.9 Å². The van der Waals surface area contributed by atoms with Crippen molar-refractivity contribution in [1.29, 1.82) is 0 Å². The number of aliphatic hydroxyl groups excluding tert-OH is 1. The first-order valence-electron chi connectivity index (χ1n) is 6.22. The van der Waals surface area contributed by atoms with Crippen molar-refractivity contribution in [2.24, 2.45) is 0 Å². The summed E-state index contributed by atoms with van der Waals surface area (Å²) < 4.78 is 7.28. The van der Waals surface area contributed by atoms with Crippen LogP contribution in [0, 0.1) is 6.92 Å². The summed E-state index contributed by atoms with van der Waals surface area (Å²) in [7, 11) is 1.56. The van der Waals surface area contributed by atoms with Gasteiger partial charge in [0.2, 0.25) is 0 Å². The van der Waals surface area contributed by atoms with E-state index >= 15 is 0 Å². The molecule has 0 saturated heterocycles. The van der Waals surface area contributed by atoms with Crippen LogP contribution in [0.4, 0.5) is 5.69 Å². The van der Waals surface area contributed by atoms with Crippen LogP contribution in [0.15, 0.2) is 6.07 Å². The third-order valence-corrected chi connectivity index (χ3v) is 3.87. The predicted molar refractivity (Wildman–Crippen MR) is 72.6 cm³/mol. The highest BCUT2D eigenvalue weighted by Crippen LogP contribution is 2.42. The Bertz CT molecular complexity index is 688. The van der Waals surface area contributed by atoms with E-state index in [1.165, 1.54) is 0 Å². The van der Waals surface area contributed by atoms with Gasteiger partial charge in [0.1, 0.15) is 5.75 Å². The number of aryl methyl sites for hydroxylation is 2. The zero-order valence-corrected chi connectivity index (χ0v) is 10.9. The molecular weight excluding hydrogens is 244 g/mol. The first kappa shape index (κ1) is 12.0. The SMILES string of the molecule is COc1c(C)cc2c(c1N)c(C=O)c1n2CCC1O. The van der Waals surface area contributed by atoms with Crippen LogP contribution in [0.5, 0.6) is 5.75 Å². The molecule has 1 aromatic carbocycles. The highest BCUT2D eigenvalue weighted by molar-refractivity contribution is 6.08. The molecule has 2 aromatic rings. The van der Waals surface area contributed by atoms with Gasteiger partial charge in [-0.3, -0.25) is 4.79 Å². The zero-order chi connectivity index (χ0) is 13.7. The summed E-state index contributed by atoms with van der Waals surface area (Å²) in [5.41, 5.74) is 9.57. The number of aldehydes is 1. The summed E-state index contributed by atoms with van der Waals surface area (Å²) in [5, 5.41) is 10.7. The largest absolute Gasteiger partial charge is 0.494 e. The van der Waals surface area contributed by atoms with E-state index in [1.807, 2.05) is 17.6 Å². The number of nitrogens with two attached hydrogens (primary N) is 1. The summed E-state index contributed by atoms with van der Waals surface area (Å²) in [6.07, 6.45) is 0.809. The van der Waals surface area contributed by atoms with Crippen LogP contribution >= 0.6 is 0 Å². The molecule has 5 heteroatoms. The molecule has 3 rings (SSSR count). The molecule has 0 aliphatic carbocycles. The fraction of sp³-hybridized carbons (Fsp3) is 0.357. The number of carbonyl (C=O) groups excluding carboxylic acids is 1. The number of carbonyl (C=O) groups is 1. The van der Waals surface area contributed by atoms with Gasteiger partial charge < -0.3 is 20.1 Å². The molecule has 5 nitrogen and oxygen atoms in total. The van der Waals surface area contributed by atoms with Gasteiger partial charge in [-0.15, -0.1) is 0 Å². The van der Waals surface area contributed by atoms with Gasteiger partial charge in [0.25, 0.3) is 0 Å². The van der Waals surface area contributed by atoms with E-state index in [0.717, 1.165) is 17.4 Å². The number of hydrogen-bond donors (Lipinski definition) is 2. The lowest BCUT2D eigenvalue weighted by Gasteiger charge is -2.11. The lowest BCUT2D eigenvalue weighted by molar-refractivity contribution is 0.111. The summed E-state index contributed by atoms with van der Waals surface area (Å²) in [5.74, 6) is 0.592. The van der Waals surface area contributed by atoms with E-state index in [4.69, 9.17) is 10.5 Å². The predicted octanol–water partition coefficient (Wildman–Crippen LogP) is 1.79. The topological polar surface area (TPSA) is 77.5 Å². The Kier molecular flexibility index (Phi) is 2.53. The van der Waals surface area contributed by atoms with Crippen LogP contribution < -0.4 is 10.5 Å². The minimum absolute atomic E-state index is 0.466. The molecule has 1 unspecified atom stereocenters. The number of rotatable bonds is 2. The van der Waals surface area contributed by atoms with Gasteiger partial charge in [-0.05, 0) is 25.0 Å². The number of fused-ring (bicyclic) bond motifs is 3. The molecule has 1 aliphatic heterocycles. The van der Waals surface area contributed by atoms with E-state index in [0.29, 0.717) is 41.0 Å².